The summed E-state index contributed by atoms with van der Waals surface area (Å²) in [6.07, 6.45) is 0. The highest BCUT2D eigenvalue weighted by atomic mass is 32.1. The zero-order chi connectivity index (χ0) is 21.1. The first-order chi connectivity index (χ1) is 14.5. The Morgan fingerprint density at radius 2 is 1.77 bits per heavy atom. The van der Waals surface area contributed by atoms with Crippen LogP contribution in [0.15, 0.2) is 47.8 Å². The maximum Gasteiger partial charge on any atom is 0.187 e. The van der Waals surface area contributed by atoms with E-state index in [4.69, 9.17) is 4.98 Å². The normalized spacial score (nSPS) is 14.7. The van der Waals surface area contributed by atoms with Crippen LogP contribution in [0.2, 0.25) is 0 Å². The summed E-state index contributed by atoms with van der Waals surface area (Å²) in [6, 6.07) is 14.4. The second-order valence-electron chi connectivity index (χ2n) is 7.93. The van der Waals surface area contributed by atoms with E-state index in [1.54, 1.807) is 18.3 Å². The first-order valence-electron chi connectivity index (χ1n) is 10.3. The van der Waals surface area contributed by atoms with Gasteiger partial charge in [0.1, 0.15) is 0 Å². The average molecular weight is 421 g/mol. The molecule has 3 aromatic rings. The van der Waals surface area contributed by atoms with Gasteiger partial charge >= 0.3 is 0 Å². The maximum atomic E-state index is 11.5. The lowest BCUT2D eigenvalue weighted by Gasteiger charge is -2.35. The van der Waals surface area contributed by atoms with Gasteiger partial charge in [-0.3, -0.25) is 9.69 Å². The molecule has 1 aromatic heterocycles. The van der Waals surface area contributed by atoms with Crippen LogP contribution in [0.5, 0.6) is 0 Å². The maximum absolute atomic E-state index is 11.5. The molecule has 0 saturated carbocycles. The molecule has 1 aliphatic rings. The van der Waals surface area contributed by atoms with Crippen molar-refractivity contribution in [3.8, 4) is 0 Å². The van der Waals surface area contributed by atoms with Gasteiger partial charge < -0.3 is 10.2 Å². The van der Waals surface area contributed by atoms with Crippen LogP contribution < -0.4 is 10.2 Å². The van der Waals surface area contributed by atoms with Crippen LogP contribution in [0.3, 0.4) is 0 Å². The second-order valence-corrected chi connectivity index (χ2v) is 8.79. The monoisotopic (exact) mass is 420 g/mol. The van der Waals surface area contributed by atoms with Crippen molar-refractivity contribution >= 4 is 33.6 Å². The summed E-state index contributed by atoms with van der Waals surface area (Å²) < 4.78 is 0. The smallest absolute Gasteiger partial charge is 0.187 e. The highest BCUT2D eigenvalue weighted by Crippen LogP contribution is 2.24. The van der Waals surface area contributed by atoms with Crippen LogP contribution in [0, 0.1) is 13.8 Å². The third kappa shape index (κ3) is 4.89. The van der Waals surface area contributed by atoms with E-state index >= 15 is 0 Å². The molecule has 30 heavy (non-hydrogen) atoms. The zero-order valence-corrected chi connectivity index (χ0v) is 18.6. The van der Waals surface area contributed by atoms with Crippen LogP contribution in [0.1, 0.15) is 34.1 Å². The predicted molar refractivity (Wildman–Crippen MR) is 125 cm³/mol. The number of aryl methyl sites for hydroxylation is 2. The van der Waals surface area contributed by atoms with Crippen LogP contribution in [0.4, 0.5) is 16.5 Å². The minimum absolute atomic E-state index is 0.112. The third-order valence-corrected chi connectivity index (χ3v) is 6.51. The fourth-order valence-corrected chi connectivity index (χ4v) is 4.40. The number of piperazine rings is 1. The molecule has 0 spiro atoms. The molecule has 0 aliphatic carbocycles. The van der Waals surface area contributed by atoms with E-state index in [9.17, 15) is 4.79 Å². The number of carbonyl (C=O) groups is 1. The fraction of sp³-hybridized carbons (Fsp3) is 0.333. The van der Waals surface area contributed by atoms with Crippen molar-refractivity contribution in [2.45, 2.75) is 27.3 Å². The number of hydrogen-bond acceptors (Lipinski definition) is 6. The summed E-state index contributed by atoms with van der Waals surface area (Å²) >= 11 is 1.66. The molecule has 1 fully saturated rings. The molecule has 1 N–H and O–H groups in total. The Balaban J connectivity index is 1.30. The molecule has 6 heteroatoms. The molecule has 0 radical (unpaired) electrons. The lowest BCUT2D eigenvalue weighted by atomic mass is 10.1. The molecule has 1 aliphatic heterocycles. The Labute approximate surface area is 182 Å². The molecule has 0 amide bonds. The molecule has 5 nitrogen and oxygen atoms in total. The minimum Gasteiger partial charge on any atom is -0.369 e. The van der Waals surface area contributed by atoms with Crippen molar-refractivity contribution in [3.63, 3.8) is 0 Å². The number of Topliss-reactive ketones (excluding diaryl/α,β-unsaturated/α-hetero) is 1. The topological polar surface area (TPSA) is 48.5 Å². The number of nitrogens with zero attached hydrogens (tertiary/aromatic N) is 3. The lowest BCUT2D eigenvalue weighted by Crippen LogP contribution is -2.46. The third-order valence-electron chi connectivity index (χ3n) is 5.71. The summed E-state index contributed by atoms with van der Waals surface area (Å²) in [5.41, 5.74) is 6.74. The van der Waals surface area contributed by atoms with Gasteiger partial charge in [0.15, 0.2) is 10.9 Å². The van der Waals surface area contributed by atoms with Gasteiger partial charge in [-0.05, 0) is 68.3 Å². The number of hydrogen-bond donors (Lipinski definition) is 1. The van der Waals surface area contributed by atoms with Gasteiger partial charge in [-0.2, -0.15) is 0 Å². The van der Waals surface area contributed by atoms with Crippen molar-refractivity contribution in [2.24, 2.45) is 0 Å². The molecular weight excluding hydrogens is 392 g/mol. The van der Waals surface area contributed by atoms with Crippen LogP contribution in [0.25, 0.3) is 0 Å². The van der Waals surface area contributed by atoms with E-state index in [2.05, 4.69) is 64.7 Å². The summed E-state index contributed by atoms with van der Waals surface area (Å²) in [5.74, 6) is 0.112. The van der Waals surface area contributed by atoms with E-state index in [-0.39, 0.29) is 5.78 Å². The zero-order valence-electron chi connectivity index (χ0n) is 17.8. The van der Waals surface area contributed by atoms with Crippen LogP contribution in [-0.2, 0) is 6.54 Å². The van der Waals surface area contributed by atoms with Gasteiger partial charge in [-0.1, -0.05) is 6.07 Å². The SMILES string of the molecule is CC(=O)c1ccc(N2CCN(Cc3csc(Nc4ccc(C)c(C)c4)n3)CC2)cc1. The van der Waals surface area contributed by atoms with E-state index in [0.717, 1.165) is 54.8 Å². The van der Waals surface area contributed by atoms with Gasteiger partial charge in [0.2, 0.25) is 0 Å². The summed E-state index contributed by atoms with van der Waals surface area (Å²) in [7, 11) is 0. The van der Waals surface area contributed by atoms with E-state index < -0.39 is 0 Å². The van der Waals surface area contributed by atoms with Crippen molar-refractivity contribution in [1.82, 2.24) is 9.88 Å². The van der Waals surface area contributed by atoms with E-state index in [0.29, 0.717) is 0 Å². The molecule has 4 rings (SSSR count). The molecule has 2 aromatic carbocycles. The lowest BCUT2D eigenvalue weighted by molar-refractivity contribution is 0.101. The van der Waals surface area contributed by atoms with E-state index in [1.165, 1.54) is 16.8 Å². The Bertz CT molecular complexity index is 1020. The summed E-state index contributed by atoms with van der Waals surface area (Å²) in [6.45, 7) is 10.7. The highest BCUT2D eigenvalue weighted by Gasteiger charge is 2.18. The molecule has 0 atom stereocenters. The molecular formula is C24H28N4OS. The van der Waals surface area contributed by atoms with Crippen molar-refractivity contribution in [2.75, 3.05) is 36.4 Å². The number of ketones is 1. The van der Waals surface area contributed by atoms with E-state index in [1.807, 2.05) is 12.1 Å². The standard InChI is InChI=1S/C24H28N4OS/c1-17-4-7-21(14-18(17)2)25-24-26-22(16-30-24)15-27-10-12-28(13-11-27)23-8-5-20(6-9-23)19(3)29/h4-9,14,16H,10-13,15H2,1-3H3,(H,25,26). The minimum atomic E-state index is 0.112. The van der Waals surface area contributed by atoms with Crippen molar-refractivity contribution < 1.29 is 4.79 Å². The number of aromatic nitrogens is 1. The fourth-order valence-electron chi connectivity index (χ4n) is 3.68. The quantitative estimate of drug-likeness (QED) is 0.567. The Morgan fingerprint density at radius 3 is 2.43 bits per heavy atom. The highest BCUT2D eigenvalue weighted by molar-refractivity contribution is 7.13. The van der Waals surface area contributed by atoms with Gasteiger partial charge in [0.25, 0.3) is 0 Å². The van der Waals surface area contributed by atoms with Gasteiger partial charge in [-0.15, -0.1) is 11.3 Å². The number of nitrogens with one attached hydrogen (secondary N) is 1. The van der Waals surface area contributed by atoms with Crippen LogP contribution in [-0.4, -0.2) is 41.8 Å². The van der Waals surface area contributed by atoms with Crippen LogP contribution >= 0.6 is 11.3 Å². The number of rotatable bonds is 6. The Kier molecular flexibility index (Phi) is 6.16. The second kappa shape index (κ2) is 8.98. The van der Waals surface area contributed by atoms with Crippen molar-refractivity contribution in [1.29, 1.82) is 0 Å². The first kappa shape index (κ1) is 20.6. The molecule has 0 bridgehead atoms. The first-order valence-corrected chi connectivity index (χ1v) is 11.2. The molecule has 2 heterocycles. The molecule has 0 unspecified atom stereocenters. The molecule has 1 saturated heterocycles. The van der Waals surface area contributed by atoms with Crippen molar-refractivity contribution in [3.05, 3.63) is 70.2 Å². The summed E-state index contributed by atoms with van der Waals surface area (Å²) in [4.78, 5) is 21.1. The Hall–Kier alpha value is -2.70. The Morgan fingerprint density at radius 1 is 1.03 bits per heavy atom. The number of thiazole rings is 1. The average Bonchev–Trinajstić information content (AvgIpc) is 3.18. The summed E-state index contributed by atoms with van der Waals surface area (Å²) in [5, 5.41) is 6.52. The van der Waals surface area contributed by atoms with Gasteiger partial charge in [-0.25, -0.2) is 4.98 Å². The molecule has 156 valence electrons. The van der Waals surface area contributed by atoms with Gasteiger partial charge in [0.05, 0.1) is 5.69 Å². The number of carbonyl (C=O) groups excluding carboxylic acids is 1. The number of benzene rings is 2. The predicted octanol–water partition coefficient (Wildman–Crippen LogP) is 5.03. The van der Waals surface area contributed by atoms with Gasteiger partial charge in [0, 0.05) is 55.0 Å². The number of anilines is 3. The largest absolute Gasteiger partial charge is 0.369 e.